The third-order valence-corrected chi connectivity index (χ3v) is 0. The summed E-state index contributed by atoms with van der Waals surface area (Å²) >= 11 is 0. The summed E-state index contributed by atoms with van der Waals surface area (Å²) in [6, 6.07) is 0. The summed E-state index contributed by atoms with van der Waals surface area (Å²) in [7, 11) is -0.361. The second kappa shape index (κ2) is 1.41. The molecule has 0 aromatic rings. The maximum Gasteiger partial charge on any atom is -0.135 e. The van der Waals surface area contributed by atoms with Gasteiger partial charge in [-0.15, -0.1) is 6.26 Å². The second-order valence-corrected chi connectivity index (χ2v) is 1.82. The number of hydrogen-bond donors (Lipinski definition) is 1. The lowest BCUT2D eigenvalue weighted by molar-refractivity contribution is 2.00. The van der Waals surface area contributed by atoms with E-state index in [1.54, 1.807) is 6.26 Å². The molecule has 0 aliphatic carbocycles. The van der Waals surface area contributed by atoms with Crippen LogP contribution in [0.15, 0.2) is 0 Å². The van der Waals surface area contributed by atoms with Gasteiger partial charge < -0.3 is 21.3 Å². The molecule has 0 aliphatic rings. The van der Waals surface area contributed by atoms with E-state index in [1.807, 2.05) is 0 Å². The third-order valence-electron chi connectivity index (χ3n) is 0. The van der Waals surface area contributed by atoms with E-state index in [0.717, 1.165) is 0 Å². The van der Waals surface area contributed by atoms with Crippen molar-refractivity contribution in [1.29, 1.82) is 0 Å². The molecule has 26 valence electrons. The Kier molecular flexibility index (Phi) is 1.45. The molecule has 0 unspecified atom stereocenters. The smallest absolute Gasteiger partial charge is 0.135 e. The van der Waals surface area contributed by atoms with Gasteiger partial charge in [-0.25, -0.2) is 0 Å². The Morgan fingerprint density at radius 2 is 2.00 bits per heavy atom. The van der Waals surface area contributed by atoms with Gasteiger partial charge in [0.25, 0.3) is 0 Å². The third kappa shape index (κ3) is 307. The molecule has 2 heteroatoms. The minimum absolute atomic E-state index is 0.361. The zero-order valence-electron chi connectivity index (χ0n) is 2.56. The molecule has 0 heterocycles. The molecule has 1 nitrogen and oxygen atoms in total. The van der Waals surface area contributed by atoms with Gasteiger partial charge in [0.15, 0.2) is 0 Å². The average Bonchev–Trinajstić information content (AvgIpc) is 0.811. The predicted molar refractivity (Wildman–Crippen MR) is 22.4 cm³/mol. The molecule has 0 bridgehead atoms. The van der Waals surface area contributed by atoms with Crippen molar-refractivity contribution in [3.05, 3.63) is 0 Å². The van der Waals surface area contributed by atoms with Gasteiger partial charge in [-0.2, -0.15) is 0 Å². The van der Waals surface area contributed by atoms with Crippen LogP contribution in [0.2, 0.25) is 0 Å². The molecule has 0 fully saturated rings. The topological polar surface area (TPSA) is 26.0 Å². The summed E-state index contributed by atoms with van der Waals surface area (Å²) < 4.78 is 0. The maximum atomic E-state index is 4.92. The summed E-state index contributed by atoms with van der Waals surface area (Å²) in [6.07, 6.45) is 1.75. The van der Waals surface area contributed by atoms with Crippen molar-refractivity contribution < 1.29 is 0 Å². The van der Waals surface area contributed by atoms with Crippen LogP contribution in [0.4, 0.5) is 0 Å². The van der Waals surface area contributed by atoms with E-state index in [-0.39, 0.29) is 10.5 Å². The fourth-order valence-electron chi connectivity index (χ4n) is 0. The van der Waals surface area contributed by atoms with E-state index in [2.05, 4.69) is 0 Å². The summed E-state index contributed by atoms with van der Waals surface area (Å²) in [4.78, 5) is 0. The van der Waals surface area contributed by atoms with Gasteiger partial charge in [0, 0.05) is 0 Å². The first kappa shape index (κ1) is 4.09. The molecule has 2 N–H and O–H groups in total. The van der Waals surface area contributed by atoms with Crippen LogP contribution < -0.4 is 5.14 Å². The quantitative estimate of drug-likeness (QED) is 0.394. The van der Waals surface area contributed by atoms with Gasteiger partial charge >= 0.3 is 0 Å². The Morgan fingerprint density at radius 3 is 2.00 bits per heavy atom. The molecule has 0 saturated heterocycles. The zero-order chi connectivity index (χ0) is 3.58. The van der Waals surface area contributed by atoms with Crippen molar-refractivity contribution in [1.82, 2.24) is 0 Å². The summed E-state index contributed by atoms with van der Waals surface area (Å²) in [5.74, 6) is 0. The fraction of sp³-hybridized carbons (Fsp3) is 0.500. The number of nitrogens with two attached hydrogens (primary N) is 1. The molecule has 0 aromatic heterocycles. The van der Waals surface area contributed by atoms with E-state index in [1.165, 1.54) is 0 Å². The van der Waals surface area contributed by atoms with Gasteiger partial charge in [-0.05, 0) is 0 Å². The molecule has 0 aromatic carbocycles. The van der Waals surface area contributed by atoms with Gasteiger partial charge in [0.05, 0.1) is 0 Å². The zero-order valence-corrected chi connectivity index (χ0v) is 3.38. The standard InChI is InChI=1S/C2H6NS/c1-4(2)3/h1H,3H2,2H3/q-1. The highest BCUT2D eigenvalue weighted by Crippen LogP contribution is 1.33. The lowest BCUT2D eigenvalue weighted by Crippen LogP contribution is -1.90. The van der Waals surface area contributed by atoms with E-state index < -0.39 is 0 Å². The molecule has 0 radical (unpaired) electrons. The highest BCUT2D eigenvalue weighted by molar-refractivity contribution is 7.83. The van der Waals surface area contributed by atoms with Crippen LogP contribution in [0.3, 0.4) is 0 Å². The first-order valence-electron chi connectivity index (χ1n) is 0.880. The average molecular weight is 76.1 g/mol. The van der Waals surface area contributed by atoms with Crippen molar-refractivity contribution in [3.8, 4) is 5.69 Å². The second-order valence-electron chi connectivity index (χ2n) is 0.607. The monoisotopic (exact) mass is 76.0 g/mol. The van der Waals surface area contributed by atoms with Crippen LogP contribution in [0.1, 0.15) is 0 Å². The van der Waals surface area contributed by atoms with Crippen molar-refractivity contribution >= 4 is 10.5 Å². The van der Waals surface area contributed by atoms with Gasteiger partial charge in [-0.3, -0.25) is 0 Å². The molecular formula is C2H6NS-. The van der Waals surface area contributed by atoms with Gasteiger partial charge in [0.2, 0.25) is 0 Å². The first-order valence-corrected chi connectivity index (χ1v) is 2.64. The lowest BCUT2D eigenvalue weighted by atomic mass is 11.9. The normalized spacial score (nSPS) is 8.50. The number of hydrogen-bond acceptors (Lipinski definition) is 2. The van der Waals surface area contributed by atoms with Gasteiger partial charge in [0.1, 0.15) is 0 Å². The Hall–Kier alpha value is 0.0900. The number of rotatable bonds is 0. The Morgan fingerprint density at radius 1 is 2.00 bits per heavy atom. The highest BCUT2D eigenvalue weighted by atomic mass is 32.2. The van der Waals surface area contributed by atoms with Crippen LogP contribution in [0.5, 0.6) is 0 Å². The van der Waals surface area contributed by atoms with E-state index in [9.17, 15) is 0 Å². The molecule has 4 heavy (non-hydrogen) atoms. The molecule has 0 spiro atoms. The summed E-state index contributed by atoms with van der Waals surface area (Å²) in [5.41, 5.74) is 4.92. The Labute approximate surface area is 28.5 Å². The molecule has 0 aliphatic heterocycles. The molecule has 0 amide bonds. The maximum absolute atomic E-state index is 4.92. The van der Waals surface area contributed by atoms with Crippen LogP contribution in [0, 0.1) is 5.69 Å². The molecule has 0 atom stereocenters. The van der Waals surface area contributed by atoms with Gasteiger partial charge in [-0.1, -0.05) is 0 Å². The van der Waals surface area contributed by atoms with Crippen molar-refractivity contribution in [3.63, 3.8) is 0 Å². The Balaban J connectivity index is 3.02. The summed E-state index contributed by atoms with van der Waals surface area (Å²) in [5, 5.41) is 4.92. The largest absolute Gasteiger partial charge is 0.425 e. The van der Waals surface area contributed by atoms with Crippen LogP contribution in [-0.4, -0.2) is 6.26 Å². The molecule has 0 rings (SSSR count). The van der Waals surface area contributed by atoms with Crippen LogP contribution in [-0.2, 0) is 10.5 Å². The lowest BCUT2D eigenvalue weighted by Gasteiger charge is -1.88. The predicted octanol–water partition coefficient (Wildman–Crippen LogP) is -0.303. The van der Waals surface area contributed by atoms with Crippen molar-refractivity contribution in [2.75, 3.05) is 6.26 Å². The SMILES string of the molecule is C#[S-](C)N. The van der Waals surface area contributed by atoms with Crippen LogP contribution in [0.25, 0.3) is 0 Å². The van der Waals surface area contributed by atoms with Crippen LogP contribution >= 0.6 is 0 Å². The minimum Gasteiger partial charge on any atom is -0.425 e. The van der Waals surface area contributed by atoms with Crippen molar-refractivity contribution in [2.24, 2.45) is 5.14 Å². The van der Waals surface area contributed by atoms with E-state index in [0.29, 0.717) is 0 Å². The summed E-state index contributed by atoms with van der Waals surface area (Å²) in [6.45, 7) is 0. The molecule has 0 saturated carbocycles. The Bertz CT molecular complexity index is 52.2. The van der Waals surface area contributed by atoms with Crippen molar-refractivity contribution in [2.45, 2.75) is 0 Å². The fourth-order valence-corrected chi connectivity index (χ4v) is 0. The van der Waals surface area contributed by atoms with E-state index >= 15 is 0 Å². The highest BCUT2D eigenvalue weighted by Gasteiger charge is 1.19. The van der Waals surface area contributed by atoms with E-state index in [4.69, 9.17) is 10.8 Å². The minimum atomic E-state index is -0.361. The molecular weight excluding hydrogens is 70.1 g/mol. The first-order chi connectivity index (χ1) is 1.73.